The van der Waals surface area contributed by atoms with Crippen LogP contribution in [0.15, 0.2) is 34.2 Å². The molecule has 6 nitrogen and oxygen atoms in total. The van der Waals surface area contributed by atoms with Crippen molar-refractivity contribution < 1.29 is 8.42 Å². The lowest BCUT2D eigenvalue weighted by molar-refractivity contribution is 0.519. The molecule has 0 atom stereocenters. The van der Waals surface area contributed by atoms with Gasteiger partial charge in [0.15, 0.2) is 5.96 Å². The zero-order valence-corrected chi connectivity index (χ0v) is 16.2. The summed E-state index contributed by atoms with van der Waals surface area (Å²) < 4.78 is 26.1. The van der Waals surface area contributed by atoms with E-state index in [0.717, 1.165) is 19.5 Å². The molecule has 0 saturated carbocycles. The van der Waals surface area contributed by atoms with Crippen molar-refractivity contribution in [2.45, 2.75) is 38.6 Å². The van der Waals surface area contributed by atoms with Gasteiger partial charge in [0.1, 0.15) is 0 Å². The van der Waals surface area contributed by atoms with Crippen LogP contribution in [-0.2, 0) is 16.6 Å². The molecule has 2 N–H and O–H groups in total. The average molecular weight is 355 g/mol. The van der Waals surface area contributed by atoms with Gasteiger partial charge in [0.25, 0.3) is 0 Å². The summed E-state index contributed by atoms with van der Waals surface area (Å²) >= 11 is 0. The molecule has 0 bridgehead atoms. The number of hydrogen-bond donors (Lipinski definition) is 2. The SMILES string of the molecule is CCNC(=NCc1ccccc1S(=O)(=O)N(C)C)NCCC(C)C. The van der Waals surface area contributed by atoms with Crippen molar-refractivity contribution in [1.29, 1.82) is 0 Å². The molecule has 0 radical (unpaired) electrons. The summed E-state index contributed by atoms with van der Waals surface area (Å²) in [6.45, 7) is 8.25. The summed E-state index contributed by atoms with van der Waals surface area (Å²) in [5.74, 6) is 1.32. The van der Waals surface area contributed by atoms with Gasteiger partial charge in [-0.3, -0.25) is 0 Å². The summed E-state index contributed by atoms with van der Waals surface area (Å²) in [4.78, 5) is 4.83. The number of benzene rings is 1. The van der Waals surface area contributed by atoms with Crippen LogP contribution < -0.4 is 10.6 Å². The Morgan fingerprint density at radius 2 is 1.88 bits per heavy atom. The van der Waals surface area contributed by atoms with Crippen LogP contribution in [0, 0.1) is 5.92 Å². The third-order valence-corrected chi connectivity index (χ3v) is 5.41. The Kier molecular flexibility index (Phi) is 8.21. The molecule has 0 aromatic heterocycles. The van der Waals surface area contributed by atoms with Crippen LogP contribution in [-0.4, -0.2) is 45.9 Å². The lowest BCUT2D eigenvalue weighted by Gasteiger charge is -2.15. The van der Waals surface area contributed by atoms with E-state index in [9.17, 15) is 8.42 Å². The summed E-state index contributed by atoms with van der Waals surface area (Å²) in [6.07, 6.45) is 1.05. The molecule has 0 fully saturated rings. The smallest absolute Gasteiger partial charge is 0.242 e. The summed E-state index contributed by atoms with van der Waals surface area (Å²) in [7, 11) is -0.403. The van der Waals surface area contributed by atoms with Crippen LogP contribution in [0.25, 0.3) is 0 Å². The molecule has 1 rings (SSSR count). The third-order valence-electron chi connectivity index (χ3n) is 3.50. The Balaban J connectivity index is 2.94. The Morgan fingerprint density at radius 3 is 2.46 bits per heavy atom. The molecule has 0 aliphatic heterocycles. The molecule has 0 amide bonds. The topological polar surface area (TPSA) is 73.8 Å². The monoisotopic (exact) mass is 354 g/mol. The summed E-state index contributed by atoms with van der Waals surface area (Å²) in [6, 6.07) is 6.99. The van der Waals surface area contributed by atoms with Crippen molar-refractivity contribution in [1.82, 2.24) is 14.9 Å². The van der Waals surface area contributed by atoms with E-state index in [1.165, 1.54) is 18.4 Å². The van der Waals surface area contributed by atoms with Gasteiger partial charge in [0, 0.05) is 27.2 Å². The fraction of sp³-hybridized carbons (Fsp3) is 0.588. The van der Waals surface area contributed by atoms with Crippen LogP contribution in [0.5, 0.6) is 0 Å². The molecule has 1 aromatic carbocycles. The van der Waals surface area contributed by atoms with Gasteiger partial charge in [-0.2, -0.15) is 0 Å². The standard InChI is InChI=1S/C17H30N4O2S/c1-6-18-17(19-12-11-14(2)3)20-13-15-9-7-8-10-16(15)24(22,23)21(4)5/h7-10,14H,6,11-13H2,1-5H3,(H2,18,19,20). The number of aliphatic imine (C=N–C) groups is 1. The zero-order chi connectivity index (χ0) is 18.2. The molecule has 7 heteroatoms. The van der Waals surface area contributed by atoms with Gasteiger partial charge in [0.2, 0.25) is 10.0 Å². The van der Waals surface area contributed by atoms with Gasteiger partial charge >= 0.3 is 0 Å². The Morgan fingerprint density at radius 1 is 1.21 bits per heavy atom. The number of hydrogen-bond acceptors (Lipinski definition) is 3. The first-order chi connectivity index (χ1) is 11.3. The predicted molar refractivity (Wildman–Crippen MR) is 99.6 cm³/mol. The van der Waals surface area contributed by atoms with Crippen LogP contribution in [0.4, 0.5) is 0 Å². The summed E-state index contributed by atoms with van der Waals surface area (Å²) in [5, 5.41) is 6.47. The molecule has 0 heterocycles. The number of nitrogens with zero attached hydrogens (tertiary/aromatic N) is 2. The lowest BCUT2D eigenvalue weighted by Crippen LogP contribution is -2.38. The highest BCUT2D eigenvalue weighted by Crippen LogP contribution is 2.19. The number of guanidine groups is 1. The van der Waals surface area contributed by atoms with Gasteiger partial charge in [0.05, 0.1) is 11.4 Å². The van der Waals surface area contributed by atoms with Gasteiger partial charge in [-0.15, -0.1) is 0 Å². The molecule has 0 spiro atoms. The highest BCUT2D eigenvalue weighted by Gasteiger charge is 2.20. The van der Waals surface area contributed by atoms with Crippen molar-refractivity contribution in [3.63, 3.8) is 0 Å². The first kappa shape index (κ1) is 20.4. The maximum Gasteiger partial charge on any atom is 0.242 e. The Bertz CT molecular complexity index is 640. The second-order valence-electron chi connectivity index (χ2n) is 6.20. The number of rotatable bonds is 8. The van der Waals surface area contributed by atoms with E-state index in [4.69, 9.17) is 0 Å². The average Bonchev–Trinajstić information content (AvgIpc) is 2.52. The maximum atomic E-state index is 12.4. The molecule has 0 saturated heterocycles. The van der Waals surface area contributed by atoms with E-state index in [0.29, 0.717) is 28.9 Å². The second kappa shape index (κ2) is 9.64. The first-order valence-electron chi connectivity index (χ1n) is 8.31. The van der Waals surface area contributed by atoms with Gasteiger partial charge < -0.3 is 10.6 Å². The predicted octanol–water partition coefficient (Wildman–Crippen LogP) is 2.04. The van der Waals surface area contributed by atoms with Crippen LogP contribution in [0.1, 0.15) is 32.8 Å². The normalized spacial score (nSPS) is 12.7. The van der Waals surface area contributed by atoms with Crippen molar-refractivity contribution in [2.75, 3.05) is 27.2 Å². The number of sulfonamides is 1. The van der Waals surface area contributed by atoms with Crippen LogP contribution in [0.3, 0.4) is 0 Å². The zero-order valence-electron chi connectivity index (χ0n) is 15.3. The minimum Gasteiger partial charge on any atom is -0.357 e. The van der Waals surface area contributed by atoms with Crippen LogP contribution in [0.2, 0.25) is 0 Å². The fourth-order valence-electron chi connectivity index (χ4n) is 2.07. The largest absolute Gasteiger partial charge is 0.357 e. The quantitative estimate of drug-likeness (QED) is 0.553. The number of nitrogens with one attached hydrogen (secondary N) is 2. The van der Waals surface area contributed by atoms with E-state index < -0.39 is 10.0 Å². The Hall–Kier alpha value is -1.60. The van der Waals surface area contributed by atoms with Gasteiger partial charge in [-0.1, -0.05) is 32.0 Å². The third kappa shape index (κ3) is 6.13. The molecular weight excluding hydrogens is 324 g/mol. The van der Waals surface area contributed by atoms with E-state index in [1.54, 1.807) is 18.2 Å². The van der Waals surface area contributed by atoms with E-state index in [-0.39, 0.29) is 0 Å². The Labute approximate surface area is 146 Å². The van der Waals surface area contributed by atoms with Crippen molar-refractivity contribution in [2.24, 2.45) is 10.9 Å². The van der Waals surface area contributed by atoms with E-state index >= 15 is 0 Å². The van der Waals surface area contributed by atoms with Crippen molar-refractivity contribution in [3.05, 3.63) is 29.8 Å². The lowest BCUT2D eigenvalue weighted by atomic mass is 10.1. The highest BCUT2D eigenvalue weighted by atomic mass is 32.2. The van der Waals surface area contributed by atoms with Crippen molar-refractivity contribution in [3.8, 4) is 0 Å². The van der Waals surface area contributed by atoms with Crippen molar-refractivity contribution >= 4 is 16.0 Å². The minimum atomic E-state index is -3.47. The maximum absolute atomic E-state index is 12.4. The van der Waals surface area contributed by atoms with E-state index in [1.807, 2.05) is 13.0 Å². The molecule has 0 unspecified atom stereocenters. The first-order valence-corrected chi connectivity index (χ1v) is 9.75. The van der Waals surface area contributed by atoms with E-state index in [2.05, 4.69) is 29.5 Å². The molecule has 1 aromatic rings. The van der Waals surface area contributed by atoms with Gasteiger partial charge in [-0.05, 0) is 30.9 Å². The highest BCUT2D eigenvalue weighted by molar-refractivity contribution is 7.89. The molecular formula is C17H30N4O2S. The van der Waals surface area contributed by atoms with Gasteiger partial charge in [-0.25, -0.2) is 17.7 Å². The fourth-order valence-corrected chi connectivity index (χ4v) is 3.18. The molecule has 0 aliphatic carbocycles. The molecule has 24 heavy (non-hydrogen) atoms. The molecule has 136 valence electrons. The summed E-state index contributed by atoms with van der Waals surface area (Å²) in [5.41, 5.74) is 0.687. The van der Waals surface area contributed by atoms with Crippen LogP contribution >= 0.6 is 0 Å². The minimum absolute atomic E-state index is 0.303. The second-order valence-corrected chi connectivity index (χ2v) is 8.32. The molecule has 0 aliphatic rings.